The largest absolute Gasteiger partial charge is 0.495 e. The van der Waals surface area contributed by atoms with Crippen LogP contribution in [0.5, 0.6) is 5.75 Å². The lowest BCUT2D eigenvalue weighted by Gasteiger charge is -2.21. The molecule has 0 N–H and O–H groups in total. The van der Waals surface area contributed by atoms with Gasteiger partial charge >= 0.3 is 5.97 Å². The summed E-state index contributed by atoms with van der Waals surface area (Å²) in [7, 11) is 1.47. The molecule has 0 fully saturated rings. The van der Waals surface area contributed by atoms with Crippen molar-refractivity contribution < 1.29 is 23.5 Å². The van der Waals surface area contributed by atoms with Crippen LogP contribution in [-0.4, -0.2) is 32.1 Å². The summed E-state index contributed by atoms with van der Waals surface area (Å²) in [6.07, 6.45) is 0.0551. The number of rotatable bonds is 7. The van der Waals surface area contributed by atoms with E-state index in [1.54, 1.807) is 12.1 Å². The summed E-state index contributed by atoms with van der Waals surface area (Å²) in [4.78, 5) is 26.6. The third-order valence-electron chi connectivity index (χ3n) is 4.32. The maximum absolute atomic E-state index is 13.2. The van der Waals surface area contributed by atoms with Crippen LogP contribution in [-0.2, 0) is 9.53 Å². The number of halogens is 3. The van der Waals surface area contributed by atoms with E-state index in [1.807, 2.05) is 6.07 Å². The number of hydrogen-bond acceptors (Lipinski definition) is 6. The summed E-state index contributed by atoms with van der Waals surface area (Å²) in [5, 5.41) is 9.90. The summed E-state index contributed by atoms with van der Waals surface area (Å²) in [6.45, 7) is -0.513. The van der Waals surface area contributed by atoms with Gasteiger partial charge in [-0.05, 0) is 36.4 Å². The van der Waals surface area contributed by atoms with Gasteiger partial charge in [0, 0.05) is 17.6 Å². The molecule has 2 aromatic carbocycles. The highest BCUT2D eigenvalue weighted by molar-refractivity contribution is 7.22. The number of hydrogen-bond donors (Lipinski definition) is 0. The Morgan fingerprint density at radius 1 is 1.16 bits per heavy atom. The minimum atomic E-state index is -0.783. The fraction of sp³-hybridized carbons (Fsp3) is 0.190. The molecular formula is C21H15Cl2FN2O4S. The van der Waals surface area contributed by atoms with Gasteiger partial charge in [0.1, 0.15) is 21.5 Å². The summed E-state index contributed by atoms with van der Waals surface area (Å²) >= 11 is 13.6. The summed E-state index contributed by atoms with van der Waals surface area (Å²) < 4.78 is 24.1. The van der Waals surface area contributed by atoms with Crippen molar-refractivity contribution in [2.75, 3.05) is 25.2 Å². The first-order chi connectivity index (χ1) is 14.9. The van der Waals surface area contributed by atoms with Crippen LogP contribution in [0.1, 0.15) is 16.1 Å². The Morgan fingerprint density at radius 2 is 1.87 bits per heavy atom. The number of nitriles is 1. The van der Waals surface area contributed by atoms with Crippen molar-refractivity contribution in [2.24, 2.45) is 0 Å². The number of anilines is 1. The lowest BCUT2D eigenvalue weighted by atomic mass is 10.2. The molecule has 160 valence electrons. The second-order valence-corrected chi connectivity index (χ2v) is 7.99. The predicted molar refractivity (Wildman–Crippen MR) is 118 cm³/mol. The quantitative estimate of drug-likeness (QED) is 0.419. The zero-order valence-electron chi connectivity index (χ0n) is 16.2. The van der Waals surface area contributed by atoms with E-state index in [9.17, 15) is 14.0 Å². The highest BCUT2D eigenvalue weighted by atomic mass is 35.5. The third kappa shape index (κ3) is 4.90. The van der Waals surface area contributed by atoms with Gasteiger partial charge in [-0.1, -0.05) is 23.2 Å². The first-order valence-corrected chi connectivity index (χ1v) is 10.5. The molecule has 0 aliphatic rings. The second-order valence-electron chi connectivity index (χ2n) is 6.21. The Kier molecular flexibility index (Phi) is 7.33. The van der Waals surface area contributed by atoms with Gasteiger partial charge in [0.15, 0.2) is 6.61 Å². The fourth-order valence-electron chi connectivity index (χ4n) is 2.82. The number of nitrogens with zero attached hydrogens (tertiary/aromatic N) is 2. The molecule has 0 radical (unpaired) electrons. The van der Waals surface area contributed by atoms with Gasteiger partial charge in [-0.25, -0.2) is 9.18 Å². The third-order valence-corrected chi connectivity index (χ3v) is 6.52. The maximum Gasteiger partial charge on any atom is 0.350 e. The molecule has 10 heteroatoms. The van der Waals surface area contributed by atoms with Gasteiger partial charge in [0.2, 0.25) is 0 Å². The topological polar surface area (TPSA) is 79.6 Å². The molecule has 0 aliphatic heterocycles. The SMILES string of the molecule is COc1ccc2c(Cl)c(C(=O)OCC(=O)N(CCC#N)c3ccc(F)cc3)sc2c1Cl. The van der Waals surface area contributed by atoms with Crippen LogP contribution in [0.4, 0.5) is 10.1 Å². The molecule has 6 nitrogen and oxygen atoms in total. The monoisotopic (exact) mass is 480 g/mol. The molecular weight excluding hydrogens is 466 g/mol. The number of carbonyl (C=O) groups excluding carboxylic acids is 2. The van der Waals surface area contributed by atoms with E-state index in [0.29, 0.717) is 26.5 Å². The van der Waals surface area contributed by atoms with E-state index in [-0.39, 0.29) is 22.9 Å². The maximum atomic E-state index is 13.2. The molecule has 0 saturated heterocycles. The summed E-state index contributed by atoms with van der Waals surface area (Å²) in [6, 6.07) is 10.5. The lowest BCUT2D eigenvalue weighted by Crippen LogP contribution is -2.35. The zero-order valence-corrected chi connectivity index (χ0v) is 18.5. The van der Waals surface area contributed by atoms with Crippen LogP contribution >= 0.6 is 34.5 Å². The molecule has 3 rings (SSSR count). The normalized spacial score (nSPS) is 10.5. The Hall–Kier alpha value is -2.86. The van der Waals surface area contributed by atoms with E-state index in [0.717, 1.165) is 11.3 Å². The lowest BCUT2D eigenvalue weighted by molar-refractivity contribution is -0.121. The Balaban J connectivity index is 1.77. The number of carbonyl (C=O) groups is 2. The average Bonchev–Trinajstić information content (AvgIpc) is 3.11. The molecule has 0 bridgehead atoms. The van der Waals surface area contributed by atoms with E-state index in [2.05, 4.69) is 0 Å². The van der Waals surface area contributed by atoms with Gasteiger partial charge < -0.3 is 14.4 Å². The van der Waals surface area contributed by atoms with Gasteiger partial charge in [-0.2, -0.15) is 5.26 Å². The summed E-state index contributed by atoms with van der Waals surface area (Å²) in [5.74, 6) is -1.37. The van der Waals surface area contributed by atoms with Crippen LogP contribution in [0.25, 0.3) is 10.1 Å². The Morgan fingerprint density at radius 3 is 2.52 bits per heavy atom. The zero-order chi connectivity index (χ0) is 22.5. The summed E-state index contributed by atoms with van der Waals surface area (Å²) in [5.41, 5.74) is 0.386. The van der Waals surface area contributed by atoms with Crippen molar-refractivity contribution in [3.05, 3.63) is 57.1 Å². The molecule has 0 unspecified atom stereocenters. The number of amides is 1. The van der Waals surface area contributed by atoms with Crippen molar-refractivity contribution in [3.63, 3.8) is 0 Å². The molecule has 0 atom stereocenters. The number of ether oxygens (including phenoxy) is 2. The fourth-order valence-corrected chi connectivity index (χ4v) is 4.60. The van der Waals surface area contributed by atoms with Crippen LogP contribution < -0.4 is 9.64 Å². The van der Waals surface area contributed by atoms with E-state index in [4.69, 9.17) is 37.9 Å². The van der Waals surface area contributed by atoms with Crippen LogP contribution in [0, 0.1) is 17.1 Å². The van der Waals surface area contributed by atoms with Crippen LogP contribution in [0.15, 0.2) is 36.4 Å². The minimum absolute atomic E-state index is 0.0551. The smallest absolute Gasteiger partial charge is 0.350 e. The van der Waals surface area contributed by atoms with E-state index in [1.165, 1.54) is 36.3 Å². The first kappa shape index (κ1) is 22.8. The number of benzene rings is 2. The first-order valence-electron chi connectivity index (χ1n) is 8.91. The van der Waals surface area contributed by atoms with Crippen molar-refractivity contribution in [2.45, 2.75) is 6.42 Å². The molecule has 0 saturated carbocycles. The average molecular weight is 481 g/mol. The standard InChI is InChI=1S/C21H15Cl2FN2O4S/c1-29-15-8-7-14-17(22)20(31-19(14)18(15)23)21(28)30-11-16(27)26(10-2-9-25)13-5-3-12(24)4-6-13/h3-8H,2,10-11H2,1H3. The number of thiophene rings is 1. The van der Waals surface area contributed by atoms with Gasteiger partial charge in [0.25, 0.3) is 5.91 Å². The van der Waals surface area contributed by atoms with Crippen molar-refractivity contribution >= 4 is 62.2 Å². The van der Waals surface area contributed by atoms with E-state index >= 15 is 0 Å². The van der Waals surface area contributed by atoms with Gasteiger partial charge in [-0.15, -0.1) is 11.3 Å². The molecule has 31 heavy (non-hydrogen) atoms. The molecule has 1 aromatic heterocycles. The number of methoxy groups -OCH3 is 1. The number of esters is 1. The van der Waals surface area contributed by atoms with Crippen LogP contribution in [0.3, 0.4) is 0 Å². The Bertz CT molecular complexity index is 1170. The second kappa shape index (κ2) is 9.96. The minimum Gasteiger partial charge on any atom is -0.495 e. The highest BCUT2D eigenvalue weighted by Crippen LogP contribution is 2.43. The van der Waals surface area contributed by atoms with Crippen molar-refractivity contribution in [1.29, 1.82) is 5.26 Å². The molecule has 1 amide bonds. The molecule has 0 aliphatic carbocycles. The predicted octanol–water partition coefficient (Wildman–Crippen LogP) is 5.46. The highest BCUT2D eigenvalue weighted by Gasteiger charge is 2.23. The molecule has 3 aromatic rings. The Labute approximate surface area is 191 Å². The van der Waals surface area contributed by atoms with Crippen molar-refractivity contribution in [3.8, 4) is 11.8 Å². The van der Waals surface area contributed by atoms with Crippen molar-refractivity contribution in [1.82, 2.24) is 0 Å². The van der Waals surface area contributed by atoms with Crippen LogP contribution in [0.2, 0.25) is 10.0 Å². The molecule has 0 spiro atoms. The molecule has 1 heterocycles. The van der Waals surface area contributed by atoms with Gasteiger partial charge in [-0.3, -0.25) is 4.79 Å². The number of fused-ring (bicyclic) bond motifs is 1. The van der Waals surface area contributed by atoms with E-state index < -0.39 is 24.3 Å². The van der Waals surface area contributed by atoms with Gasteiger partial charge in [0.05, 0.1) is 29.3 Å².